The van der Waals surface area contributed by atoms with Crippen LogP contribution < -0.4 is 0 Å². The molecule has 0 radical (unpaired) electrons. The lowest BCUT2D eigenvalue weighted by atomic mass is 10.1. The maximum atomic E-state index is 12.2. The van der Waals surface area contributed by atoms with E-state index in [1.54, 1.807) is 31.3 Å². The van der Waals surface area contributed by atoms with Crippen LogP contribution in [0.2, 0.25) is 5.02 Å². The van der Waals surface area contributed by atoms with E-state index in [1.165, 1.54) is 16.8 Å². The van der Waals surface area contributed by atoms with Gasteiger partial charge >= 0.3 is 5.97 Å². The summed E-state index contributed by atoms with van der Waals surface area (Å²) in [6.07, 6.45) is 1.40. The van der Waals surface area contributed by atoms with Crippen molar-refractivity contribution in [2.45, 2.75) is 0 Å². The number of aromatic nitrogens is 1. The van der Waals surface area contributed by atoms with Gasteiger partial charge in [0.2, 0.25) is 5.78 Å². The Labute approximate surface area is 108 Å². The van der Waals surface area contributed by atoms with Gasteiger partial charge in [0.05, 0.1) is 11.3 Å². The van der Waals surface area contributed by atoms with Crippen LogP contribution in [0.15, 0.2) is 36.5 Å². The largest absolute Gasteiger partial charge is 0.478 e. The van der Waals surface area contributed by atoms with Crippen LogP contribution in [0, 0.1) is 0 Å². The minimum absolute atomic E-state index is 0.0860. The molecule has 2 aromatic rings. The summed E-state index contributed by atoms with van der Waals surface area (Å²) in [6, 6.07) is 7.90. The number of rotatable bonds is 3. The molecule has 1 N–H and O–H groups in total. The van der Waals surface area contributed by atoms with Crippen molar-refractivity contribution in [3.8, 4) is 0 Å². The number of nitrogens with zero attached hydrogens (tertiary/aromatic N) is 1. The first-order chi connectivity index (χ1) is 8.49. The Kier molecular flexibility index (Phi) is 3.21. The van der Waals surface area contributed by atoms with Crippen molar-refractivity contribution >= 4 is 23.4 Å². The summed E-state index contributed by atoms with van der Waals surface area (Å²) in [6.45, 7) is 0. The van der Waals surface area contributed by atoms with Gasteiger partial charge in [-0.05, 0) is 18.2 Å². The van der Waals surface area contributed by atoms with Crippen LogP contribution >= 0.6 is 11.6 Å². The lowest BCUT2D eigenvalue weighted by Crippen LogP contribution is -2.06. The molecule has 1 aromatic heterocycles. The second-order valence-corrected chi connectivity index (χ2v) is 4.31. The molecule has 0 bridgehead atoms. The monoisotopic (exact) mass is 263 g/mol. The third-order valence-corrected chi connectivity index (χ3v) is 2.81. The molecule has 2 rings (SSSR count). The highest BCUT2D eigenvalue weighted by Crippen LogP contribution is 2.16. The minimum atomic E-state index is -1.06. The fourth-order valence-corrected chi connectivity index (χ4v) is 1.88. The number of halogens is 1. The molecule has 0 unspecified atom stereocenters. The first-order valence-corrected chi connectivity index (χ1v) is 5.57. The Morgan fingerprint density at radius 2 is 1.94 bits per heavy atom. The molecule has 0 fully saturated rings. The van der Waals surface area contributed by atoms with E-state index in [-0.39, 0.29) is 11.3 Å². The first kappa shape index (κ1) is 12.4. The number of ketones is 1. The molecule has 1 aromatic carbocycles. The molecule has 5 heteroatoms. The zero-order chi connectivity index (χ0) is 13.3. The number of carbonyl (C=O) groups is 2. The number of hydrogen-bond donors (Lipinski definition) is 1. The number of aryl methyl sites for hydroxylation is 1. The second kappa shape index (κ2) is 4.66. The molecule has 1 heterocycles. The molecule has 0 aliphatic heterocycles. The topological polar surface area (TPSA) is 59.3 Å². The summed E-state index contributed by atoms with van der Waals surface area (Å²) in [5.41, 5.74) is 0.832. The van der Waals surface area contributed by atoms with Crippen molar-refractivity contribution in [3.05, 3.63) is 58.4 Å². The molecule has 0 saturated carbocycles. The average Bonchev–Trinajstić information content (AvgIpc) is 2.70. The van der Waals surface area contributed by atoms with Crippen molar-refractivity contribution < 1.29 is 14.7 Å². The summed E-state index contributed by atoms with van der Waals surface area (Å²) >= 11 is 5.82. The standard InChI is InChI=1S/C13H10ClNO3/c1-15-7-9(13(17)18)6-11(15)12(16)8-3-2-4-10(14)5-8/h2-7H,1H3,(H,17,18). The van der Waals surface area contributed by atoms with Crippen LogP contribution in [0.25, 0.3) is 0 Å². The van der Waals surface area contributed by atoms with Gasteiger partial charge in [-0.2, -0.15) is 0 Å². The summed E-state index contributed by atoms with van der Waals surface area (Å²) < 4.78 is 1.49. The zero-order valence-corrected chi connectivity index (χ0v) is 10.3. The van der Waals surface area contributed by atoms with Gasteiger partial charge in [-0.15, -0.1) is 0 Å². The second-order valence-electron chi connectivity index (χ2n) is 3.87. The number of carboxylic acids is 1. The molecule has 0 saturated heterocycles. The van der Waals surface area contributed by atoms with E-state index in [9.17, 15) is 9.59 Å². The van der Waals surface area contributed by atoms with Crippen LogP contribution in [0.1, 0.15) is 26.4 Å². The molecular weight excluding hydrogens is 254 g/mol. The lowest BCUT2D eigenvalue weighted by Gasteiger charge is -2.02. The lowest BCUT2D eigenvalue weighted by molar-refractivity contribution is 0.0697. The van der Waals surface area contributed by atoms with Crippen molar-refractivity contribution in [3.63, 3.8) is 0 Å². The first-order valence-electron chi connectivity index (χ1n) is 5.19. The molecule has 0 spiro atoms. The van der Waals surface area contributed by atoms with Crippen molar-refractivity contribution in [2.75, 3.05) is 0 Å². The fraction of sp³-hybridized carbons (Fsp3) is 0.0769. The molecule has 4 nitrogen and oxygen atoms in total. The highest BCUT2D eigenvalue weighted by molar-refractivity contribution is 6.31. The van der Waals surface area contributed by atoms with Crippen molar-refractivity contribution in [1.82, 2.24) is 4.57 Å². The van der Waals surface area contributed by atoms with Crippen molar-refractivity contribution in [2.24, 2.45) is 7.05 Å². The number of carbonyl (C=O) groups excluding carboxylic acids is 1. The number of carboxylic acid groups (broad SMARTS) is 1. The summed E-state index contributed by atoms with van der Waals surface area (Å²) in [7, 11) is 1.63. The summed E-state index contributed by atoms with van der Waals surface area (Å²) in [5.74, 6) is -1.32. The number of benzene rings is 1. The van der Waals surface area contributed by atoms with Gasteiger partial charge in [0.1, 0.15) is 0 Å². The minimum Gasteiger partial charge on any atom is -0.478 e. The normalized spacial score (nSPS) is 10.3. The van der Waals surface area contributed by atoms with Crippen LogP contribution in [0.5, 0.6) is 0 Å². The van der Waals surface area contributed by atoms with Gasteiger partial charge in [-0.1, -0.05) is 23.7 Å². The van der Waals surface area contributed by atoms with E-state index in [4.69, 9.17) is 16.7 Å². The Hall–Kier alpha value is -2.07. The molecule has 0 amide bonds. The highest BCUT2D eigenvalue weighted by atomic mass is 35.5. The van der Waals surface area contributed by atoms with E-state index in [0.717, 1.165) is 0 Å². The fourth-order valence-electron chi connectivity index (χ4n) is 1.68. The van der Waals surface area contributed by atoms with Crippen LogP contribution in [-0.2, 0) is 7.05 Å². The van der Waals surface area contributed by atoms with E-state index in [1.807, 2.05) is 0 Å². The molecular formula is C13H10ClNO3. The smallest absolute Gasteiger partial charge is 0.337 e. The predicted octanol–water partition coefficient (Wildman–Crippen LogP) is 2.61. The number of hydrogen-bond acceptors (Lipinski definition) is 2. The van der Waals surface area contributed by atoms with Gasteiger partial charge < -0.3 is 9.67 Å². The van der Waals surface area contributed by atoms with E-state index in [2.05, 4.69) is 0 Å². The third-order valence-electron chi connectivity index (χ3n) is 2.57. The maximum Gasteiger partial charge on any atom is 0.337 e. The van der Waals surface area contributed by atoms with Gasteiger partial charge in [-0.3, -0.25) is 4.79 Å². The molecule has 0 aliphatic rings. The quantitative estimate of drug-likeness (QED) is 0.866. The van der Waals surface area contributed by atoms with E-state index in [0.29, 0.717) is 16.3 Å². The predicted molar refractivity (Wildman–Crippen MR) is 67.3 cm³/mol. The zero-order valence-electron chi connectivity index (χ0n) is 9.55. The Morgan fingerprint density at radius 1 is 1.22 bits per heavy atom. The van der Waals surface area contributed by atoms with Gasteiger partial charge in [0, 0.05) is 23.8 Å². The van der Waals surface area contributed by atoms with Crippen LogP contribution in [-0.4, -0.2) is 21.4 Å². The Morgan fingerprint density at radius 3 is 2.50 bits per heavy atom. The van der Waals surface area contributed by atoms with E-state index < -0.39 is 5.97 Å². The highest BCUT2D eigenvalue weighted by Gasteiger charge is 2.16. The molecule has 0 aliphatic carbocycles. The van der Waals surface area contributed by atoms with Gasteiger partial charge in [0.15, 0.2) is 0 Å². The molecule has 0 atom stereocenters. The SMILES string of the molecule is Cn1cc(C(=O)O)cc1C(=O)c1cccc(Cl)c1. The van der Waals surface area contributed by atoms with Gasteiger partial charge in [-0.25, -0.2) is 4.79 Å². The summed E-state index contributed by atoms with van der Waals surface area (Å²) in [5, 5.41) is 9.34. The Balaban J connectivity index is 2.43. The third kappa shape index (κ3) is 2.28. The van der Waals surface area contributed by atoms with Gasteiger partial charge in [0.25, 0.3) is 0 Å². The Bertz CT molecular complexity index is 631. The summed E-state index contributed by atoms with van der Waals surface area (Å²) in [4.78, 5) is 23.0. The molecule has 92 valence electrons. The maximum absolute atomic E-state index is 12.2. The van der Waals surface area contributed by atoms with Crippen molar-refractivity contribution in [1.29, 1.82) is 0 Å². The van der Waals surface area contributed by atoms with Crippen LogP contribution in [0.3, 0.4) is 0 Å². The van der Waals surface area contributed by atoms with E-state index >= 15 is 0 Å². The molecule has 18 heavy (non-hydrogen) atoms. The number of aromatic carboxylic acids is 1. The average molecular weight is 264 g/mol. The van der Waals surface area contributed by atoms with Crippen LogP contribution in [0.4, 0.5) is 0 Å².